The fourth-order valence-electron chi connectivity index (χ4n) is 2.68. The van der Waals surface area contributed by atoms with Gasteiger partial charge in [-0.1, -0.05) is 0 Å². The van der Waals surface area contributed by atoms with E-state index < -0.39 is 17.9 Å². The highest BCUT2D eigenvalue weighted by Gasteiger charge is 2.12. The Morgan fingerprint density at radius 2 is 0.688 bits per heavy atom. The van der Waals surface area contributed by atoms with Gasteiger partial charge in [-0.15, -0.1) is 0 Å². The topological polar surface area (TPSA) is 303 Å². The Morgan fingerprint density at radius 3 is 0.896 bits per heavy atom. The van der Waals surface area contributed by atoms with Crippen LogP contribution in [0.25, 0.3) is 0 Å². The quantitative estimate of drug-likeness (QED) is 0.132. The molecular weight excluding hydrogens is 648 g/mol. The van der Waals surface area contributed by atoms with Gasteiger partial charge < -0.3 is 47.6 Å². The number of rotatable bonds is 10. The standard InChI is InChI=1S/C6H4O5.C6H6O4.C6H6O3.2C6H4O3/c7-5(8)3-1-2-4(11-3)6(9)10;7-3-4-1-2-5(10-4)6(8)9;3*7-3-5-1-2-6(4-8)9-5/h1-2H,(H,7,8)(H,9,10);1-2,7H,3H2,(H,8,9);1-3,8H,4H2;2*1-4H. The molecule has 0 spiro atoms. The van der Waals surface area contributed by atoms with E-state index in [1.54, 1.807) is 6.07 Å². The molecule has 48 heavy (non-hydrogen) atoms. The summed E-state index contributed by atoms with van der Waals surface area (Å²) >= 11 is 0. The molecule has 0 saturated carbocycles. The molecule has 5 aromatic heterocycles. The summed E-state index contributed by atoms with van der Waals surface area (Å²) in [4.78, 5) is 80.1. The van der Waals surface area contributed by atoms with Crippen molar-refractivity contribution in [3.05, 3.63) is 118 Å². The molecule has 5 heterocycles. The maximum atomic E-state index is 10.2. The molecule has 0 amide bonds. The van der Waals surface area contributed by atoms with E-state index in [9.17, 15) is 38.4 Å². The number of aliphatic hydroxyl groups excluding tert-OH is 2. The summed E-state index contributed by atoms with van der Waals surface area (Å²) in [5.41, 5.74) is 0. The summed E-state index contributed by atoms with van der Waals surface area (Å²) in [5, 5.41) is 41.8. The van der Waals surface area contributed by atoms with E-state index >= 15 is 0 Å². The minimum absolute atomic E-state index is 0.149. The van der Waals surface area contributed by atoms with Crippen LogP contribution in [0.1, 0.15) is 96.0 Å². The highest BCUT2D eigenvalue weighted by atomic mass is 16.4. The van der Waals surface area contributed by atoms with E-state index in [2.05, 4.69) is 17.7 Å². The molecule has 0 aliphatic rings. The third-order valence-electron chi connectivity index (χ3n) is 4.77. The molecular formula is C30H24O18. The lowest BCUT2D eigenvalue weighted by molar-refractivity contribution is 0.0625. The zero-order chi connectivity index (χ0) is 36.1. The lowest BCUT2D eigenvalue weighted by Crippen LogP contribution is -1.94. The summed E-state index contributed by atoms with van der Waals surface area (Å²) in [6.07, 6.45) is 2.79. The van der Waals surface area contributed by atoms with Crippen LogP contribution in [0.3, 0.4) is 0 Å². The molecule has 0 bridgehead atoms. The Bertz CT molecular complexity index is 1670. The summed E-state index contributed by atoms with van der Waals surface area (Å²) in [7, 11) is 0. The zero-order valence-electron chi connectivity index (χ0n) is 24.1. The molecule has 0 aromatic carbocycles. The summed E-state index contributed by atoms with van der Waals surface area (Å²) in [6, 6.07) is 13.7. The second-order valence-corrected chi connectivity index (χ2v) is 8.04. The van der Waals surface area contributed by atoms with Crippen molar-refractivity contribution in [1.29, 1.82) is 0 Å². The van der Waals surface area contributed by atoms with Gasteiger partial charge in [-0.25, -0.2) is 14.4 Å². The molecule has 18 heteroatoms. The van der Waals surface area contributed by atoms with Crippen LogP contribution in [0, 0.1) is 0 Å². The van der Waals surface area contributed by atoms with Gasteiger partial charge in [-0.2, -0.15) is 0 Å². The van der Waals surface area contributed by atoms with Crippen molar-refractivity contribution in [2.45, 2.75) is 13.2 Å². The van der Waals surface area contributed by atoms with Crippen LogP contribution in [0.15, 0.2) is 82.7 Å². The maximum Gasteiger partial charge on any atom is 0.371 e. The summed E-state index contributed by atoms with van der Waals surface area (Å²) in [5.74, 6) is -2.94. The first kappa shape index (κ1) is 39.1. The molecule has 0 radical (unpaired) electrons. The second-order valence-electron chi connectivity index (χ2n) is 8.04. The third kappa shape index (κ3) is 13.8. The fraction of sp³-hybridized carbons (Fsp3) is 0.0667. The number of carbonyl (C=O) groups excluding carboxylic acids is 5. The molecule has 0 fully saturated rings. The highest BCUT2D eigenvalue weighted by molar-refractivity contribution is 5.89. The van der Waals surface area contributed by atoms with Crippen LogP contribution in [0.4, 0.5) is 0 Å². The molecule has 0 saturated heterocycles. The number of hydrogen-bond acceptors (Lipinski definition) is 15. The maximum absolute atomic E-state index is 10.2. The minimum Gasteiger partial charge on any atom is -0.475 e. The Labute approximate surface area is 267 Å². The number of aliphatic hydroxyl groups is 2. The van der Waals surface area contributed by atoms with Crippen LogP contribution in [-0.2, 0) is 13.2 Å². The van der Waals surface area contributed by atoms with Crippen molar-refractivity contribution in [3.8, 4) is 0 Å². The van der Waals surface area contributed by atoms with Crippen LogP contribution < -0.4 is 0 Å². The molecule has 0 atom stereocenters. The van der Waals surface area contributed by atoms with E-state index in [0.717, 1.165) is 12.1 Å². The smallest absolute Gasteiger partial charge is 0.371 e. The minimum atomic E-state index is -1.28. The second kappa shape index (κ2) is 20.9. The molecule has 18 nitrogen and oxygen atoms in total. The van der Waals surface area contributed by atoms with Crippen molar-refractivity contribution in [3.63, 3.8) is 0 Å². The van der Waals surface area contributed by atoms with E-state index in [-0.39, 0.29) is 65.1 Å². The van der Waals surface area contributed by atoms with Gasteiger partial charge >= 0.3 is 17.9 Å². The van der Waals surface area contributed by atoms with Crippen LogP contribution in [-0.4, -0.2) is 74.9 Å². The van der Waals surface area contributed by atoms with Gasteiger partial charge in [0, 0.05) is 0 Å². The molecule has 0 unspecified atom stereocenters. The molecule has 5 aromatic rings. The predicted octanol–water partition coefficient (Wildman–Crippen LogP) is 3.54. The van der Waals surface area contributed by atoms with Gasteiger partial charge in [-0.05, 0) is 60.7 Å². The number of hydrogen-bond donors (Lipinski definition) is 5. The van der Waals surface area contributed by atoms with E-state index in [1.165, 1.54) is 42.5 Å². The Kier molecular flexibility index (Phi) is 17.1. The molecule has 5 rings (SSSR count). The molecule has 0 aliphatic carbocycles. The number of carboxylic acid groups (broad SMARTS) is 3. The molecule has 252 valence electrons. The number of aldehydes is 5. The molecule has 5 N–H and O–H groups in total. The van der Waals surface area contributed by atoms with Crippen molar-refractivity contribution in [2.24, 2.45) is 0 Å². The number of furan rings is 5. The van der Waals surface area contributed by atoms with Crippen LogP contribution >= 0.6 is 0 Å². The lowest BCUT2D eigenvalue weighted by atomic mass is 10.4. The fourth-order valence-corrected chi connectivity index (χ4v) is 2.68. The number of carbonyl (C=O) groups is 8. The SMILES string of the molecule is O=C(O)c1ccc(C(=O)O)o1.O=C(O)c1ccc(CO)o1.O=Cc1ccc(C=O)o1.O=Cc1ccc(C=O)o1.O=Cc1ccc(CO)o1. The Balaban J connectivity index is 0.000000301. The van der Waals surface area contributed by atoms with Gasteiger partial charge in [0.25, 0.3) is 0 Å². The Hall–Kier alpha value is -6.92. The van der Waals surface area contributed by atoms with Gasteiger partial charge in [0.1, 0.15) is 24.7 Å². The van der Waals surface area contributed by atoms with Gasteiger partial charge in [0.15, 0.2) is 60.2 Å². The molecule has 0 aliphatic heterocycles. The van der Waals surface area contributed by atoms with Gasteiger partial charge in [-0.3, -0.25) is 24.0 Å². The summed E-state index contributed by atoms with van der Waals surface area (Å²) in [6.45, 7) is -0.429. The van der Waals surface area contributed by atoms with E-state index in [1.807, 2.05) is 0 Å². The van der Waals surface area contributed by atoms with Crippen molar-refractivity contribution >= 4 is 49.3 Å². The lowest BCUT2D eigenvalue weighted by Gasteiger charge is -1.85. The average molecular weight is 673 g/mol. The first-order valence-corrected chi connectivity index (χ1v) is 12.6. The van der Waals surface area contributed by atoms with E-state index in [4.69, 9.17) is 29.9 Å². The predicted molar refractivity (Wildman–Crippen MR) is 153 cm³/mol. The number of aromatic carboxylic acids is 3. The summed E-state index contributed by atoms with van der Waals surface area (Å²) < 4.78 is 23.1. The first-order chi connectivity index (χ1) is 22.9. The Morgan fingerprint density at radius 1 is 0.417 bits per heavy atom. The van der Waals surface area contributed by atoms with Gasteiger partial charge in [0.2, 0.25) is 17.3 Å². The highest BCUT2D eigenvalue weighted by Crippen LogP contribution is 2.08. The van der Waals surface area contributed by atoms with Crippen LogP contribution in [0.5, 0.6) is 0 Å². The van der Waals surface area contributed by atoms with Crippen molar-refractivity contribution < 1.29 is 86.0 Å². The third-order valence-corrected chi connectivity index (χ3v) is 4.77. The monoisotopic (exact) mass is 672 g/mol. The van der Waals surface area contributed by atoms with Crippen LogP contribution in [0.2, 0.25) is 0 Å². The van der Waals surface area contributed by atoms with Crippen molar-refractivity contribution in [1.82, 2.24) is 0 Å². The number of carboxylic acids is 3. The van der Waals surface area contributed by atoms with Crippen molar-refractivity contribution in [2.75, 3.05) is 0 Å². The normalized spacial score (nSPS) is 9.29. The largest absolute Gasteiger partial charge is 0.475 e. The van der Waals surface area contributed by atoms with E-state index in [0.29, 0.717) is 37.2 Å². The average Bonchev–Trinajstić information content (AvgIpc) is 3.94. The van der Waals surface area contributed by atoms with Gasteiger partial charge in [0.05, 0.1) is 0 Å². The zero-order valence-corrected chi connectivity index (χ0v) is 24.1. The first-order valence-electron chi connectivity index (χ1n) is 12.6.